The van der Waals surface area contributed by atoms with Gasteiger partial charge in [-0.3, -0.25) is 9.59 Å². The van der Waals surface area contributed by atoms with Crippen LogP contribution in [0.1, 0.15) is 6.42 Å². The number of nitrogens with zero attached hydrogens (tertiary/aromatic N) is 2. The number of ether oxygens (including phenoxy) is 2. The van der Waals surface area contributed by atoms with Gasteiger partial charge >= 0.3 is 0 Å². The molecule has 0 bridgehead atoms. The Hall–Kier alpha value is -3.54. The molecule has 1 aliphatic rings. The third kappa shape index (κ3) is 3.56. The summed E-state index contributed by atoms with van der Waals surface area (Å²) in [6.45, 7) is 0.338. The maximum absolute atomic E-state index is 13.1. The van der Waals surface area contributed by atoms with Gasteiger partial charge in [0.1, 0.15) is 0 Å². The summed E-state index contributed by atoms with van der Waals surface area (Å²) in [5.74, 6) is 0.596. The molecule has 30 heavy (non-hydrogen) atoms. The lowest BCUT2D eigenvalue weighted by molar-refractivity contribution is -0.124. The highest BCUT2D eigenvalue weighted by Crippen LogP contribution is 2.34. The van der Waals surface area contributed by atoms with E-state index in [0.29, 0.717) is 23.7 Å². The van der Waals surface area contributed by atoms with Crippen LogP contribution in [-0.2, 0) is 9.59 Å². The maximum Gasteiger partial charge on any atom is 0.232 e. The molecule has 0 aliphatic carbocycles. The number of hydrogen-bond donors (Lipinski definition) is 0. The van der Waals surface area contributed by atoms with Crippen molar-refractivity contribution in [2.75, 3.05) is 37.6 Å². The monoisotopic (exact) mass is 404 g/mol. The van der Waals surface area contributed by atoms with Gasteiger partial charge in [0.05, 0.1) is 20.1 Å². The minimum absolute atomic E-state index is 0.0680. The molecule has 0 spiro atoms. The Morgan fingerprint density at radius 2 is 1.70 bits per heavy atom. The van der Waals surface area contributed by atoms with Crippen molar-refractivity contribution < 1.29 is 19.1 Å². The predicted molar refractivity (Wildman–Crippen MR) is 117 cm³/mol. The van der Waals surface area contributed by atoms with Crippen molar-refractivity contribution in [3.63, 3.8) is 0 Å². The van der Waals surface area contributed by atoms with Crippen LogP contribution in [0.4, 0.5) is 11.4 Å². The van der Waals surface area contributed by atoms with Crippen LogP contribution in [-0.4, -0.2) is 39.6 Å². The van der Waals surface area contributed by atoms with Crippen LogP contribution >= 0.6 is 0 Å². The molecule has 1 heterocycles. The van der Waals surface area contributed by atoms with Crippen LogP contribution in [0, 0.1) is 5.92 Å². The molecule has 1 fully saturated rings. The summed E-state index contributed by atoms with van der Waals surface area (Å²) < 4.78 is 10.6. The highest BCUT2D eigenvalue weighted by molar-refractivity contribution is 6.05. The molecule has 2 amide bonds. The zero-order valence-corrected chi connectivity index (χ0v) is 17.3. The molecule has 4 rings (SSSR count). The fourth-order valence-corrected chi connectivity index (χ4v) is 3.90. The van der Waals surface area contributed by atoms with Gasteiger partial charge in [-0.1, -0.05) is 30.3 Å². The molecular formula is C24H24N2O4. The zero-order chi connectivity index (χ0) is 21.3. The predicted octanol–water partition coefficient (Wildman–Crippen LogP) is 3.87. The number of benzene rings is 3. The number of fused-ring (bicyclic) bond motifs is 1. The first-order valence-corrected chi connectivity index (χ1v) is 9.80. The van der Waals surface area contributed by atoms with E-state index in [9.17, 15) is 9.59 Å². The molecule has 6 nitrogen and oxygen atoms in total. The smallest absolute Gasteiger partial charge is 0.232 e. The molecule has 3 aromatic rings. The molecule has 0 aromatic heterocycles. The fourth-order valence-electron chi connectivity index (χ4n) is 3.90. The van der Waals surface area contributed by atoms with Crippen LogP contribution in [0.5, 0.6) is 11.5 Å². The average Bonchev–Trinajstić information content (AvgIpc) is 3.18. The molecule has 3 aromatic carbocycles. The maximum atomic E-state index is 13.1. The van der Waals surface area contributed by atoms with Crippen molar-refractivity contribution in [1.29, 1.82) is 0 Å². The summed E-state index contributed by atoms with van der Waals surface area (Å²) in [5, 5.41) is 2.20. The first kappa shape index (κ1) is 19.8. The first-order chi connectivity index (χ1) is 14.5. The lowest BCUT2D eigenvalue weighted by atomic mass is 10.1. The van der Waals surface area contributed by atoms with Crippen molar-refractivity contribution in [3.05, 3.63) is 60.7 Å². The van der Waals surface area contributed by atoms with E-state index >= 15 is 0 Å². The number of carbonyl (C=O) groups excluding carboxylic acids is 2. The van der Waals surface area contributed by atoms with Gasteiger partial charge in [0.2, 0.25) is 11.8 Å². The zero-order valence-electron chi connectivity index (χ0n) is 17.3. The number of carbonyl (C=O) groups is 2. The second-order valence-electron chi connectivity index (χ2n) is 7.37. The van der Waals surface area contributed by atoms with Crippen LogP contribution < -0.4 is 19.3 Å². The lowest BCUT2D eigenvalue weighted by Crippen LogP contribution is -2.34. The minimum Gasteiger partial charge on any atom is -0.493 e. The van der Waals surface area contributed by atoms with Gasteiger partial charge < -0.3 is 19.3 Å². The Balaban J connectivity index is 1.53. The Labute approximate surface area is 175 Å². The summed E-state index contributed by atoms with van der Waals surface area (Å²) in [6.07, 6.45) is 0.186. The highest BCUT2D eigenvalue weighted by Gasteiger charge is 2.37. The Morgan fingerprint density at radius 3 is 2.43 bits per heavy atom. The molecule has 0 radical (unpaired) electrons. The van der Waals surface area contributed by atoms with Gasteiger partial charge in [0.25, 0.3) is 0 Å². The second kappa shape index (κ2) is 8.06. The number of amides is 2. The highest BCUT2D eigenvalue weighted by atomic mass is 16.5. The Kier molecular flexibility index (Phi) is 5.31. The van der Waals surface area contributed by atoms with Gasteiger partial charge in [-0.2, -0.15) is 0 Å². The summed E-state index contributed by atoms with van der Waals surface area (Å²) in [4.78, 5) is 29.1. The molecule has 154 valence electrons. The minimum atomic E-state index is -0.401. The fraction of sp³-hybridized carbons (Fsp3) is 0.250. The third-order valence-corrected chi connectivity index (χ3v) is 5.60. The molecule has 1 saturated heterocycles. The standard InChI is InChI=1S/C24H24N2O4/c1-25(19-9-8-16-6-4-5-7-17(16)12-19)24(28)18-13-23(27)26(15-18)20-10-11-21(29-2)22(14-20)30-3/h4-12,14,18H,13,15H2,1-3H3. The molecule has 0 N–H and O–H groups in total. The van der Waals surface area contributed by atoms with Gasteiger partial charge in [-0.05, 0) is 35.0 Å². The van der Waals surface area contributed by atoms with Crippen LogP contribution in [0.2, 0.25) is 0 Å². The lowest BCUT2D eigenvalue weighted by Gasteiger charge is -2.22. The quantitative estimate of drug-likeness (QED) is 0.648. The average molecular weight is 404 g/mol. The van der Waals surface area contributed by atoms with Crippen molar-refractivity contribution in [2.45, 2.75) is 6.42 Å². The molecule has 1 unspecified atom stereocenters. The SMILES string of the molecule is COc1ccc(N2CC(C(=O)N(C)c3ccc4ccccc4c3)CC2=O)cc1OC. The largest absolute Gasteiger partial charge is 0.493 e. The van der Waals surface area contributed by atoms with Gasteiger partial charge in [-0.25, -0.2) is 0 Å². The molecule has 6 heteroatoms. The summed E-state index contributed by atoms with van der Waals surface area (Å²) in [7, 11) is 4.88. The van der Waals surface area contributed by atoms with Gasteiger partial charge in [-0.15, -0.1) is 0 Å². The van der Waals surface area contributed by atoms with E-state index in [2.05, 4.69) is 0 Å². The second-order valence-corrected chi connectivity index (χ2v) is 7.37. The molecule has 1 aliphatic heterocycles. The van der Waals surface area contributed by atoms with E-state index in [1.54, 1.807) is 49.3 Å². The van der Waals surface area contributed by atoms with Crippen molar-refractivity contribution in [1.82, 2.24) is 0 Å². The van der Waals surface area contributed by atoms with Gasteiger partial charge in [0.15, 0.2) is 11.5 Å². The van der Waals surface area contributed by atoms with Crippen LogP contribution in [0.3, 0.4) is 0 Å². The van der Waals surface area contributed by atoms with Crippen LogP contribution in [0.25, 0.3) is 10.8 Å². The molecule has 1 atom stereocenters. The van der Waals surface area contributed by atoms with Gasteiger partial charge in [0, 0.05) is 37.5 Å². The van der Waals surface area contributed by atoms with E-state index < -0.39 is 5.92 Å². The van der Waals surface area contributed by atoms with Crippen molar-refractivity contribution in [2.24, 2.45) is 5.92 Å². The summed E-state index contributed by atoms with van der Waals surface area (Å²) in [5.41, 5.74) is 1.51. The van der Waals surface area contributed by atoms with E-state index in [1.807, 2.05) is 42.5 Å². The van der Waals surface area contributed by atoms with Crippen LogP contribution in [0.15, 0.2) is 60.7 Å². The number of hydrogen-bond acceptors (Lipinski definition) is 4. The van der Waals surface area contributed by atoms with Crippen molar-refractivity contribution in [3.8, 4) is 11.5 Å². The number of anilines is 2. The summed E-state index contributed by atoms with van der Waals surface area (Å²) in [6, 6.07) is 19.3. The topological polar surface area (TPSA) is 59.1 Å². The normalized spacial score (nSPS) is 16.0. The Morgan fingerprint density at radius 1 is 0.967 bits per heavy atom. The van der Waals surface area contributed by atoms with E-state index in [-0.39, 0.29) is 18.2 Å². The van der Waals surface area contributed by atoms with Crippen molar-refractivity contribution >= 4 is 34.0 Å². The summed E-state index contributed by atoms with van der Waals surface area (Å²) >= 11 is 0. The third-order valence-electron chi connectivity index (χ3n) is 5.60. The number of rotatable bonds is 5. The first-order valence-electron chi connectivity index (χ1n) is 9.80. The van der Waals surface area contributed by atoms with E-state index in [0.717, 1.165) is 16.5 Å². The molecular weight excluding hydrogens is 380 g/mol. The molecule has 0 saturated carbocycles. The van der Waals surface area contributed by atoms with E-state index in [1.165, 1.54) is 0 Å². The number of methoxy groups -OCH3 is 2. The van der Waals surface area contributed by atoms with E-state index in [4.69, 9.17) is 9.47 Å². The Bertz CT molecular complexity index is 1110.